The van der Waals surface area contributed by atoms with Gasteiger partial charge in [-0.05, 0) is 12.1 Å². The van der Waals surface area contributed by atoms with Crippen molar-refractivity contribution in [3.05, 3.63) is 30.1 Å². The van der Waals surface area contributed by atoms with E-state index in [1.807, 2.05) is 0 Å². The summed E-state index contributed by atoms with van der Waals surface area (Å²) in [7, 11) is 0. The number of rotatable bonds is 5. The number of aromatic nitrogens is 1. The number of pyridine rings is 1. The van der Waals surface area contributed by atoms with Crippen molar-refractivity contribution in [2.45, 2.75) is 18.8 Å². The predicted octanol–water partition coefficient (Wildman–Crippen LogP) is -1.07. The molecule has 7 heteroatoms. The monoisotopic (exact) mass is 241 g/mol. The van der Waals surface area contributed by atoms with E-state index in [0.29, 0.717) is 5.69 Å². The van der Waals surface area contributed by atoms with Crippen LogP contribution in [-0.2, 0) is 20.9 Å². The Hall–Kier alpha value is -1.99. The van der Waals surface area contributed by atoms with Gasteiger partial charge in [0.25, 0.3) is 0 Å². The van der Waals surface area contributed by atoms with Crippen LogP contribution in [0.25, 0.3) is 0 Å². The van der Waals surface area contributed by atoms with Gasteiger partial charge in [-0.2, -0.15) is 0 Å². The molecule has 1 rings (SSSR count). The van der Waals surface area contributed by atoms with Crippen LogP contribution in [0.4, 0.5) is 0 Å². The molecule has 0 aliphatic rings. The molecule has 0 bridgehead atoms. The Morgan fingerprint density at radius 3 is 2.53 bits per heavy atom. The van der Waals surface area contributed by atoms with Crippen molar-refractivity contribution in [2.24, 2.45) is 0 Å². The molecule has 2 atom stereocenters. The number of ether oxygens (including phenoxy) is 1. The molecule has 0 saturated carbocycles. The van der Waals surface area contributed by atoms with E-state index < -0.39 is 24.1 Å². The van der Waals surface area contributed by atoms with Crippen LogP contribution in [0.5, 0.6) is 0 Å². The lowest BCUT2D eigenvalue weighted by atomic mass is 10.2. The maximum Gasteiger partial charge on any atom is 0.338 e. The van der Waals surface area contributed by atoms with Gasteiger partial charge in [-0.3, -0.25) is 4.98 Å². The van der Waals surface area contributed by atoms with E-state index >= 15 is 0 Å². The summed E-state index contributed by atoms with van der Waals surface area (Å²) in [6, 6.07) is 4.94. The maximum absolute atomic E-state index is 11.1. The Labute approximate surface area is 96.3 Å². The molecule has 0 aromatic carbocycles. The summed E-state index contributed by atoms with van der Waals surface area (Å²) in [6.45, 7) is -0.205. The molecule has 0 spiro atoms. The lowest BCUT2D eigenvalue weighted by Gasteiger charge is -2.12. The van der Waals surface area contributed by atoms with Gasteiger partial charge < -0.3 is 20.1 Å². The summed E-state index contributed by atoms with van der Waals surface area (Å²) in [4.78, 5) is 25.3. The highest BCUT2D eigenvalue weighted by Gasteiger charge is 2.31. The number of esters is 1. The molecule has 0 aliphatic carbocycles. The fraction of sp³-hybridized carbons (Fsp3) is 0.300. The normalized spacial score (nSPS) is 13.8. The first-order valence-corrected chi connectivity index (χ1v) is 4.68. The topological polar surface area (TPSA) is 117 Å². The Morgan fingerprint density at radius 2 is 2.00 bits per heavy atom. The van der Waals surface area contributed by atoms with E-state index in [0.717, 1.165) is 0 Å². The second kappa shape index (κ2) is 5.92. The fourth-order valence-corrected chi connectivity index (χ4v) is 0.978. The van der Waals surface area contributed by atoms with Gasteiger partial charge in [0.2, 0.25) is 0 Å². The molecule has 0 aliphatic heterocycles. The van der Waals surface area contributed by atoms with Crippen LogP contribution in [-0.4, -0.2) is 44.5 Å². The summed E-state index contributed by atoms with van der Waals surface area (Å²) in [6.07, 6.45) is -2.83. The molecule has 1 heterocycles. The van der Waals surface area contributed by atoms with Crippen molar-refractivity contribution in [3.63, 3.8) is 0 Å². The number of hydrogen-bond donors (Lipinski definition) is 3. The average Bonchev–Trinajstić information content (AvgIpc) is 2.35. The summed E-state index contributed by atoms with van der Waals surface area (Å²) < 4.78 is 4.59. The van der Waals surface area contributed by atoms with Gasteiger partial charge in [0.05, 0.1) is 5.69 Å². The first-order valence-electron chi connectivity index (χ1n) is 4.68. The van der Waals surface area contributed by atoms with Crippen LogP contribution >= 0.6 is 0 Å². The lowest BCUT2D eigenvalue weighted by molar-refractivity contribution is -0.170. The van der Waals surface area contributed by atoms with E-state index in [1.54, 1.807) is 18.2 Å². The Balaban J connectivity index is 2.47. The number of carboxylic acids is 1. The zero-order valence-electron chi connectivity index (χ0n) is 8.68. The standard InChI is InChI=1S/C10H11NO6/c12-7(9(14)15)8(13)10(16)17-5-6-3-1-2-4-11-6/h1-4,7-8,12-13H,5H2,(H,14,15). The number of aliphatic hydroxyl groups excluding tert-OH is 2. The van der Waals surface area contributed by atoms with E-state index in [9.17, 15) is 9.59 Å². The fourth-order valence-electron chi connectivity index (χ4n) is 0.978. The first kappa shape index (κ1) is 13.1. The van der Waals surface area contributed by atoms with Gasteiger partial charge in [-0.1, -0.05) is 6.07 Å². The van der Waals surface area contributed by atoms with Gasteiger partial charge in [0.1, 0.15) is 6.61 Å². The molecule has 7 nitrogen and oxygen atoms in total. The Bertz CT molecular complexity index is 393. The molecular weight excluding hydrogens is 230 g/mol. The highest BCUT2D eigenvalue weighted by molar-refractivity contribution is 5.84. The molecule has 1 aromatic heterocycles. The van der Waals surface area contributed by atoms with Crippen molar-refractivity contribution in [1.29, 1.82) is 0 Å². The number of aliphatic carboxylic acids is 1. The number of carbonyl (C=O) groups excluding carboxylic acids is 1. The van der Waals surface area contributed by atoms with Crippen molar-refractivity contribution < 1.29 is 29.6 Å². The summed E-state index contributed by atoms with van der Waals surface area (Å²) >= 11 is 0. The Kier molecular flexibility index (Phi) is 4.56. The highest BCUT2D eigenvalue weighted by Crippen LogP contribution is 2.01. The van der Waals surface area contributed by atoms with Crippen molar-refractivity contribution >= 4 is 11.9 Å². The minimum atomic E-state index is -2.20. The minimum absolute atomic E-state index is 0.205. The minimum Gasteiger partial charge on any atom is -0.479 e. The lowest BCUT2D eigenvalue weighted by Crippen LogP contribution is -2.40. The van der Waals surface area contributed by atoms with E-state index in [4.69, 9.17) is 15.3 Å². The van der Waals surface area contributed by atoms with Gasteiger partial charge in [-0.15, -0.1) is 0 Å². The Morgan fingerprint density at radius 1 is 1.29 bits per heavy atom. The number of hydrogen-bond acceptors (Lipinski definition) is 6. The molecule has 0 amide bonds. The van der Waals surface area contributed by atoms with Crippen LogP contribution in [0.3, 0.4) is 0 Å². The largest absolute Gasteiger partial charge is 0.479 e. The average molecular weight is 241 g/mol. The molecule has 17 heavy (non-hydrogen) atoms. The van der Waals surface area contributed by atoms with Crippen LogP contribution in [0.1, 0.15) is 5.69 Å². The quantitative estimate of drug-likeness (QED) is 0.562. The van der Waals surface area contributed by atoms with Gasteiger partial charge in [-0.25, -0.2) is 9.59 Å². The van der Waals surface area contributed by atoms with Crippen LogP contribution < -0.4 is 0 Å². The molecule has 2 unspecified atom stereocenters. The van der Waals surface area contributed by atoms with Crippen molar-refractivity contribution in [2.75, 3.05) is 0 Å². The van der Waals surface area contributed by atoms with Gasteiger partial charge >= 0.3 is 11.9 Å². The molecule has 0 saturated heterocycles. The predicted molar refractivity (Wildman–Crippen MR) is 53.7 cm³/mol. The number of aliphatic hydroxyl groups is 2. The van der Waals surface area contributed by atoms with Gasteiger partial charge in [0, 0.05) is 6.20 Å². The zero-order valence-corrected chi connectivity index (χ0v) is 8.68. The molecule has 0 fully saturated rings. The second-order valence-corrected chi connectivity index (χ2v) is 3.16. The molecule has 3 N–H and O–H groups in total. The molecule has 1 aromatic rings. The van der Waals surface area contributed by atoms with E-state index in [2.05, 4.69) is 9.72 Å². The highest BCUT2D eigenvalue weighted by atomic mass is 16.6. The van der Waals surface area contributed by atoms with Crippen LogP contribution in [0.15, 0.2) is 24.4 Å². The zero-order chi connectivity index (χ0) is 12.8. The second-order valence-electron chi connectivity index (χ2n) is 3.16. The summed E-state index contributed by atoms with van der Waals surface area (Å²) in [5.74, 6) is -2.92. The number of carbonyl (C=O) groups is 2. The number of carboxylic acid groups (broad SMARTS) is 1. The molecular formula is C10H11NO6. The SMILES string of the molecule is O=C(O)C(O)C(O)C(=O)OCc1ccccn1. The van der Waals surface area contributed by atoms with Crippen molar-refractivity contribution in [3.8, 4) is 0 Å². The van der Waals surface area contributed by atoms with E-state index in [-0.39, 0.29) is 6.61 Å². The number of nitrogens with zero attached hydrogens (tertiary/aromatic N) is 1. The third-order valence-electron chi connectivity index (χ3n) is 1.88. The third-order valence-corrected chi connectivity index (χ3v) is 1.88. The van der Waals surface area contributed by atoms with Crippen molar-refractivity contribution in [1.82, 2.24) is 4.98 Å². The smallest absolute Gasteiger partial charge is 0.338 e. The first-order chi connectivity index (χ1) is 8.02. The van der Waals surface area contributed by atoms with E-state index in [1.165, 1.54) is 6.20 Å². The molecule has 0 radical (unpaired) electrons. The molecule has 92 valence electrons. The summed E-state index contributed by atoms with van der Waals surface area (Å²) in [5.41, 5.74) is 0.442. The third kappa shape index (κ3) is 3.82. The maximum atomic E-state index is 11.1. The van der Waals surface area contributed by atoms with Crippen LogP contribution in [0.2, 0.25) is 0 Å². The summed E-state index contributed by atoms with van der Waals surface area (Å²) in [5, 5.41) is 26.4. The van der Waals surface area contributed by atoms with Gasteiger partial charge in [0.15, 0.2) is 12.2 Å². The van der Waals surface area contributed by atoms with Crippen LogP contribution in [0, 0.1) is 0 Å².